The summed E-state index contributed by atoms with van der Waals surface area (Å²) < 4.78 is 15.8. The lowest BCUT2D eigenvalue weighted by Crippen LogP contribution is -2.34. The zero-order valence-corrected chi connectivity index (χ0v) is 17.0. The van der Waals surface area contributed by atoms with Crippen LogP contribution in [0.4, 0.5) is 0 Å². The highest BCUT2D eigenvalue weighted by atomic mass is 16.5. The number of carbonyl (C=O) groups is 1. The van der Waals surface area contributed by atoms with Crippen LogP contribution in [0.5, 0.6) is 11.5 Å². The van der Waals surface area contributed by atoms with E-state index in [9.17, 15) is 4.79 Å². The molecule has 0 saturated carbocycles. The second-order valence-electron chi connectivity index (χ2n) is 6.77. The maximum atomic E-state index is 12.6. The van der Waals surface area contributed by atoms with Gasteiger partial charge in [-0.3, -0.25) is 4.79 Å². The smallest absolute Gasteiger partial charge is 0.273 e. The topological polar surface area (TPSA) is 76.8 Å². The van der Waals surface area contributed by atoms with Crippen molar-refractivity contribution in [3.8, 4) is 22.8 Å². The number of hydrogen-bond donors (Lipinski definition) is 1. The van der Waals surface area contributed by atoms with Crippen LogP contribution in [0, 0.1) is 0 Å². The summed E-state index contributed by atoms with van der Waals surface area (Å²) in [6.45, 7) is 0.430. The van der Waals surface area contributed by atoms with E-state index in [0.717, 1.165) is 16.9 Å². The summed E-state index contributed by atoms with van der Waals surface area (Å²) in [6.07, 6.45) is 0. The molecule has 1 N–H and O–H groups in total. The zero-order chi connectivity index (χ0) is 20.8. The third kappa shape index (κ3) is 4.94. The number of nitrogens with one attached hydrogen (secondary N) is 1. The van der Waals surface area contributed by atoms with E-state index >= 15 is 0 Å². The Hall–Kier alpha value is -3.32. The molecule has 0 radical (unpaired) electrons. The Morgan fingerprint density at radius 2 is 1.79 bits per heavy atom. The van der Waals surface area contributed by atoms with Gasteiger partial charge in [-0.15, -0.1) is 0 Å². The molecule has 7 nitrogen and oxygen atoms in total. The zero-order valence-electron chi connectivity index (χ0n) is 17.0. The van der Waals surface area contributed by atoms with Crippen molar-refractivity contribution in [2.45, 2.75) is 6.04 Å². The second-order valence-corrected chi connectivity index (χ2v) is 6.77. The van der Waals surface area contributed by atoms with Crippen molar-refractivity contribution < 1.29 is 18.8 Å². The number of methoxy groups -OCH3 is 2. The molecule has 7 heteroatoms. The van der Waals surface area contributed by atoms with Gasteiger partial charge in [0.15, 0.2) is 11.5 Å². The minimum absolute atomic E-state index is 0.00890. The fourth-order valence-corrected chi connectivity index (χ4v) is 3.00. The predicted molar refractivity (Wildman–Crippen MR) is 110 cm³/mol. The van der Waals surface area contributed by atoms with Gasteiger partial charge in [-0.05, 0) is 43.9 Å². The van der Waals surface area contributed by atoms with Crippen molar-refractivity contribution in [3.63, 3.8) is 0 Å². The first-order valence-corrected chi connectivity index (χ1v) is 9.21. The van der Waals surface area contributed by atoms with Gasteiger partial charge in [-0.25, -0.2) is 0 Å². The highest BCUT2D eigenvalue weighted by Crippen LogP contribution is 2.25. The molecule has 3 rings (SSSR count). The van der Waals surface area contributed by atoms with Crippen molar-refractivity contribution in [2.24, 2.45) is 0 Å². The number of likely N-dealkylation sites (N-methyl/N-ethyl adjacent to an activating group) is 1. The van der Waals surface area contributed by atoms with Gasteiger partial charge >= 0.3 is 0 Å². The average Bonchev–Trinajstić information content (AvgIpc) is 3.24. The molecule has 152 valence electrons. The van der Waals surface area contributed by atoms with Crippen LogP contribution in [-0.4, -0.2) is 50.8 Å². The van der Waals surface area contributed by atoms with Crippen molar-refractivity contribution in [1.82, 2.24) is 15.4 Å². The van der Waals surface area contributed by atoms with Gasteiger partial charge in [0.05, 0.1) is 20.3 Å². The normalized spacial score (nSPS) is 11.9. The monoisotopic (exact) mass is 395 g/mol. The summed E-state index contributed by atoms with van der Waals surface area (Å²) in [5.74, 6) is 1.72. The Morgan fingerprint density at radius 1 is 1.07 bits per heavy atom. The van der Waals surface area contributed by atoms with Crippen molar-refractivity contribution in [3.05, 3.63) is 65.9 Å². The minimum atomic E-state index is -0.289. The first-order chi connectivity index (χ1) is 14.0. The number of carbonyl (C=O) groups excluding carboxylic acids is 1. The molecule has 1 heterocycles. The number of hydrogen-bond acceptors (Lipinski definition) is 6. The van der Waals surface area contributed by atoms with Gasteiger partial charge in [-0.1, -0.05) is 29.4 Å². The van der Waals surface area contributed by atoms with Gasteiger partial charge < -0.3 is 24.2 Å². The number of rotatable bonds is 8. The quantitative estimate of drug-likeness (QED) is 0.630. The van der Waals surface area contributed by atoms with Crippen LogP contribution in [0.2, 0.25) is 0 Å². The van der Waals surface area contributed by atoms with Crippen LogP contribution in [0.3, 0.4) is 0 Å². The van der Waals surface area contributed by atoms with E-state index < -0.39 is 0 Å². The Bertz CT molecular complexity index is 951. The molecule has 0 aliphatic rings. The number of benzene rings is 2. The molecule has 0 fully saturated rings. The van der Waals surface area contributed by atoms with Crippen molar-refractivity contribution >= 4 is 5.91 Å². The van der Waals surface area contributed by atoms with Crippen molar-refractivity contribution in [2.75, 3.05) is 34.9 Å². The van der Waals surface area contributed by atoms with E-state index in [-0.39, 0.29) is 17.6 Å². The number of amides is 1. The molecule has 0 aliphatic carbocycles. The lowest BCUT2D eigenvalue weighted by molar-refractivity contribution is 0.0933. The summed E-state index contributed by atoms with van der Waals surface area (Å²) >= 11 is 0. The van der Waals surface area contributed by atoms with E-state index in [0.29, 0.717) is 18.1 Å². The summed E-state index contributed by atoms with van der Waals surface area (Å²) in [4.78, 5) is 14.6. The summed E-state index contributed by atoms with van der Waals surface area (Å²) in [5, 5.41) is 6.84. The molecule has 29 heavy (non-hydrogen) atoms. The average molecular weight is 395 g/mol. The molecule has 0 saturated heterocycles. The van der Waals surface area contributed by atoms with Gasteiger partial charge in [0.2, 0.25) is 0 Å². The molecular formula is C22H25N3O4. The van der Waals surface area contributed by atoms with Gasteiger partial charge in [-0.2, -0.15) is 0 Å². The number of nitrogens with zero attached hydrogens (tertiary/aromatic N) is 2. The maximum Gasteiger partial charge on any atom is 0.273 e. The molecular weight excluding hydrogens is 370 g/mol. The molecule has 0 aliphatic heterocycles. The van der Waals surface area contributed by atoms with Crippen LogP contribution in [0.15, 0.2) is 59.1 Å². The van der Waals surface area contributed by atoms with E-state index in [1.165, 1.54) is 0 Å². The molecule has 1 aromatic heterocycles. The van der Waals surface area contributed by atoms with E-state index in [2.05, 4.69) is 10.5 Å². The molecule has 1 unspecified atom stereocenters. The fraction of sp³-hybridized carbons (Fsp3) is 0.273. The van der Waals surface area contributed by atoms with Gasteiger partial charge in [0.1, 0.15) is 11.5 Å². The molecule has 1 atom stereocenters. The standard InChI is InChI=1S/C22H25N3O4/c1-25(2)20(15-8-10-17(27-3)11-9-15)14-23-22(26)19-13-21(29-24-19)16-6-5-7-18(12-16)28-4/h5-13,20H,14H2,1-4H3,(H,23,26). The summed E-state index contributed by atoms with van der Waals surface area (Å²) in [5.41, 5.74) is 2.10. The Labute approximate surface area is 170 Å². The lowest BCUT2D eigenvalue weighted by atomic mass is 10.1. The largest absolute Gasteiger partial charge is 0.497 e. The highest BCUT2D eigenvalue weighted by Gasteiger charge is 2.18. The third-order valence-electron chi connectivity index (χ3n) is 4.68. The van der Waals surface area contributed by atoms with Crippen LogP contribution in [0.1, 0.15) is 22.1 Å². The van der Waals surface area contributed by atoms with E-state index in [1.807, 2.05) is 67.5 Å². The van der Waals surface area contributed by atoms with Crippen LogP contribution in [0.25, 0.3) is 11.3 Å². The fourth-order valence-electron chi connectivity index (χ4n) is 3.00. The molecule has 2 aromatic carbocycles. The van der Waals surface area contributed by atoms with Crippen LogP contribution in [-0.2, 0) is 0 Å². The second kappa shape index (κ2) is 9.25. The van der Waals surface area contributed by atoms with Crippen LogP contribution < -0.4 is 14.8 Å². The molecule has 0 bridgehead atoms. The van der Waals surface area contributed by atoms with E-state index in [1.54, 1.807) is 20.3 Å². The SMILES string of the molecule is COc1ccc(C(CNC(=O)c2cc(-c3cccc(OC)c3)on2)N(C)C)cc1. The molecule has 1 amide bonds. The van der Waals surface area contributed by atoms with E-state index in [4.69, 9.17) is 14.0 Å². The highest BCUT2D eigenvalue weighted by molar-refractivity contribution is 5.93. The van der Waals surface area contributed by atoms with Gasteiger partial charge in [0.25, 0.3) is 5.91 Å². The minimum Gasteiger partial charge on any atom is -0.497 e. The first-order valence-electron chi connectivity index (χ1n) is 9.21. The Kier molecular flexibility index (Phi) is 6.51. The molecule has 0 spiro atoms. The summed E-state index contributed by atoms with van der Waals surface area (Å²) in [7, 11) is 7.18. The molecule has 3 aromatic rings. The summed E-state index contributed by atoms with van der Waals surface area (Å²) in [6, 6.07) is 16.8. The lowest BCUT2D eigenvalue weighted by Gasteiger charge is -2.25. The number of ether oxygens (including phenoxy) is 2. The number of aromatic nitrogens is 1. The third-order valence-corrected chi connectivity index (χ3v) is 4.68. The maximum absolute atomic E-state index is 12.6. The first kappa shape index (κ1) is 20.4. The van der Waals surface area contributed by atoms with Crippen LogP contribution >= 0.6 is 0 Å². The van der Waals surface area contributed by atoms with Crippen molar-refractivity contribution in [1.29, 1.82) is 0 Å². The predicted octanol–water partition coefficient (Wildman–Crippen LogP) is 3.39. The Balaban J connectivity index is 1.68. The van der Waals surface area contributed by atoms with Gasteiger partial charge in [0, 0.05) is 18.2 Å². The Morgan fingerprint density at radius 3 is 2.45 bits per heavy atom.